The van der Waals surface area contributed by atoms with Crippen molar-refractivity contribution in [1.82, 2.24) is 24.4 Å². The minimum absolute atomic E-state index is 0.0856. The molecule has 0 atom stereocenters. The van der Waals surface area contributed by atoms with E-state index in [1.165, 1.54) is 19.3 Å². The molecule has 2 fully saturated rings. The molecule has 2 N–H and O–H groups in total. The van der Waals surface area contributed by atoms with Crippen LogP contribution in [0.2, 0.25) is 0 Å². The second-order valence-electron chi connectivity index (χ2n) is 6.80. The van der Waals surface area contributed by atoms with Gasteiger partial charge in [0.1, 0.15) is 12.3 Å². The number of alkyl carbamates (subject to hydrolysis) is 1. The highest BCUT2D eigenvalue weighted by atomic mass is 16.6. The predicted octanol–water partition coefficient (Wildman–Crippen LogP) is 3.47. The monoisotopic (exact) mass is 387 g/mol. The van der Waals surface area contributed by atoms with E-state index < -0.39 is 0 Å². The Hall–Kier alpha value is -2.77. The van der Waals surface area contributed by atoms with Crippen LogP contribution in [0.25, 0.3) is 22.1 Å². The summed E-state index contributed by atoms with van der Waals surface area (Å²) in [6, 6.07) is 2.35. The number of nitrogens with one attached hydrogen (secondary N) is 2. The number of aromatic nitrogens is 4. The number of cyclic esters (lactones) is 1. The molecule has 0 aromatic carbocycles. The Morgan fingerprint density at radius 3 is 2.54 bits per heavy atom. The first kappa shape index (κ1) is 20.0. The molecule has 3 aromatic rings. The number of hydrogen-bond acceptors (Lipinski definition) is 4. The van der Waals surface area contributed by atoms with Crippen LogP contribution in [0.4, 0.5) is 4.79 Å². The summed E-state index contributed by atoms with van der Waals surface area (Å²) in [7, 11) is 1.84. The van der Waals surface area contributed by atoms with Gasteiger partial charge in [0, 0.05) is 24.7 Å². The zero-order chi connectivity index (χ0) is 20.1. The Balaban J connectivity index is 0.000000239. The van der Waals surface area contributed by atoms with Crippen molar-refractivity contribution >= 4 is 28.2 Å². The van der Waals surface area contributed by atoms with E-state index in [-0.39, 0.29) is 11.8 Å². The van der Waals surface area contributed by atoms with Crippen molar-refractivity contribution in [2.45, 2.75) is 52.0 Å². The van der Waals surface area contributed by atoms with Crippen molar-refractivity contribution < 1.29 is 9.53 Å². The standard InChI is InChI=1S/C15H18N4O.C3H5NO2.C2H6/c1-18-12-9-17-14-11(7-8-16-14)13(12)19(15(18)20)10-5-3-2-4-6-10;5-3-4-1-2-6-3;1-2/h7-10H,2-6H2,1H3,(H,16,17);1-2H2,(H,4,5);1-2H3. The number of pyridine rings is 1. The van der Waals surface area contributed by atoms with Crippen LogP contribution in [-0.2, 0) is 11.8 Å². The van der Waals surface area contributed by atoms with Crippen molar-refractivity contribution in [2.24, 2.45) is 7.05 Å². The van der Waals surface area contributed by atoms with Gasteiger partial charge in [-0.15, -0.1) is 0 Å². The molecule has 1 amide bonds. The van der Waals surface area contributed by atoms with Crippen LogP contribution in [0.3, 0.4) is 0 Å². The number of H-pyrrole nitrogens is 1. The average molecular weight is 387 g/mol. The van der Waals surface area contributed by atoms with Crippen molar-refractivity contribution in [1.29, 1.82) is 0 Å². The van der Waals surface area contributed by atoms with E-state index in [9.17, 15) is 9.59 Å². The van der Waals surface area contributed by atoms with Gasteiger partial charge in [0.05, 0.1) is 23.8 Å². The lowest BCUT2D eigenvalue weighted by Gasteiger charge is -2.23. The minimum atomic E-state index is -0.296. The topological polar surface area (TPSA) is 93.9 Å². The summed E-state index contributed by atoms with van der Waals surface area (Å²) in [5.41, 5.74) is 2.90. The van der Waals surface area contributed by atoms with Gasteiger partial charge in [0.25, 0.3) is 0 Å². The molecule has 1 saturated carbocycles. The van der Waals surface area contributed by atoms with Crippen LogP contribution in [0, 0.1) is 0 Å². The van der Waals surface area contributed by atoms with Gasteiger partial charge in [0.2, 0.25) is 0 Å². The number of rotatable bonds is 1. The lowest BCUT2D eigenvalue weighted by Crippen LogP contribution is -2.27. The third-order valence-corrected chi connectivity index (χ3v) is 5.18. The summed E-state index contributed by atoms with van der Waals surface area (Å²) < 4.78 is 8.13. The molecular formula is C20H29N5O3. The van der Waals surface area contributed by atoms with Gasteiger partial charge >= 0.3 is 11.8 Å². The summed E-state index contributed by atoms with van der Waals surface area (Å²) in [4.78, 5) is 30.1. The third kappa shape index (κ3) is 3.76. The maximum absolute atomic E-state index is 12.6. The smallest absolute Gasteiger partial charge is 0.407 e. The second kappa shape index (κ2) is 8.95. The van der Waals surface area contributed by atoms with Crippen LogP contribution in [0.15, 0.2) is 23.3 Å². The van der Waals surface area contributed by atoms with E-state index in [0.29, 0.717) is 19.2 Å². The lowest BCUT2D eigenvalue weighted by molar-refractivity contribution is 0.178. The summed E-state index contributed by atoms with van der Waals surface area (Å²) in [5.74, 6) is 0. The molecule has 8 heteroatoms. The fourth-order valence-corrected chi connectivity index (χ4v) is 3.87. The summed E-state index contributed by atoms with van der Waals surface area (Å²) in [6.45, 7) is 5.19. The molecule has 2 aliphatic rings. The molecule has 8 nitrogen and oxygen atoms in total. The molecule has 1 saturated heterocycles. The quantitative estimate of drug-likeness (QED) is 0.668. The van der Waals surface area contributed by atoms with Crippen LogP contribution in [0.5, 0.6) is 0 Å². The van der Waals surface area contributed by atoms with Gasteiger partial charge in [-0.1, -0.05) is 33.1 Å². The fourth-order valence-electron chi connectivity index (χ4n) is 3.87. The second-order valence-corrected chi connectivity index (χ2v) is 6.80. The van der Waals surface area contributed by atoms with Crippen molar-refractivity contribution in [3.05, 3.63) is 28.9 Å². The van der Waals surface area contributed by atoms with Gasteiger partial charge < -0.3 is 15.0 Å². The maximum Gasteiger partial charge on any atom is 0.407 e. The highest BCUT2D eigenvalue weighted by Gasteiger charge is 2.23. The van der Waals surface area contributed by atoms with Gasteiger partial charge in [-0.05, 0) is 18.9 Å². The molecule has 1 aliphatic heterocycles. The summed E-state index contributed by atoms with van der Waals surface area (Å²) in [6.07, 6.45) is 9.32. The summed E-state index contributed by atoms with van der Waals surface area (Å²) in [5, 5.41) is 3.51. The number of carbonyl (C=O) groups excluding carboxylic acids is 1. The van der Waals surface area contributed by atoms with Crippen LogP contribution >= 0.6 is 0 Å². The number of ether oxygens (including phenoxy) is 1. The molecule has 4 heterocycles. The Kier molecular flexibility index (Phi) is 6.38. The highest BCUT2D eigenvalue weighted by Crippen LogP contribution is 2.31. The Bertz CT molecular complexity index is 987. The van der Waals surface area contributed by atoms with Crippen LogP contribution in [-0.4, -0.2) is 38.3 Å². The zero-order valence-corrected chi connectivity index (χ0v) is 16.8. The van der Waals surface area contributed by atoms with Gasteiger partial charge in [0.15, 0.2) is 0 Å². The molecule has 0 unspecified atom stereocenters. The number of aromatic amines is 1. The normalized spacial score (nSPS) is 16.8. The first-order valence-electron chi connectivity index (χ1n) is 10.1. The minimum Gasteiger partial charge on any atom is -0.448 e. The van der Waals surface area contributed by atoms with Crippen molar-refractivity contribution in [3.8, 4) is 0 Å². The van der Waals surface area contributed by atoms with Gasteiger partial charge in [-0.25, -0.2) is 14.6 Å². The molecule has 3 aromatic heterocycles. The SMILES string of the molecule is CC.Cn1c(=O)n(C2CCCCC2)c2c3cc[nH]c3ncc21.O=C1NCCO1. The number of aryl methyl sites for hydroxylation is 1. The van der Waals surface area contributed by atoms with E-state index in [0.717, 1.165) is 34.9 Å². The Morgan fingerprint density at radius 2 is 1.93 bits per heavy atom. The van der Waals surface area contributed by atoms with Crippen LogP contribution < -0.4 is 11.0 Å². The number of imidazole rings is 1. The van der Waals surface area contributed by atoms with Crippen LogP contribution in [0.1, 0.15) is 52.0 Å². The number of nitrogens with zero attached hydrogens (tertiary/aromatic N) is 3. The van der Waals surface area contributed by atoms with E-state index in [4.69, 9.17) is 0 Å². The maximum atomic E-state index is 12.6. The van der Waals surface area contributed by atoms with Gasteiger partial charge in [-0.3, -0.25) is 9.13 Å². The zero-order valence-electron chi connectivity index (χ0n) is 16.8. The average Bonchev–Trinajstić information content (AvgIpc) is 3.46. The van der Waals surface area contributed by atoms with E-state index in [1.807, 2.05) is 37.7 Å². The molecule has 0 radical (unpaired) electrons. The van der Waals surface area contributed by atoms with Gasteiger partial charge in [-0.2, -0.15) is 0 Å². The molecule has 0 bridgehead atoms. The molecule has 1 aliphatic carbocycles. The third-order valence-electron chi connectivity index (χ3n) is 5.18. The van der Waals surface area contributed by atoms with E-state index in [2.05, 4.69) is 20.0 Å². The molecule has 28 heavy (non-hydrogen) atoms. The Morgan fingerprint density at radius 1 is 1.18 bits per heavy atom. The van der Waals surface area contributed by atoms with E-state index in [1.54, 1.807) is 10.8 Å². The largest absolute Gasteiger partial charge is 0.448 e. The fraction of sp³-hybridized carbons (Fsp3) is 0.550. The van der Waals surface area contributed by atoms with E-state index >= 15 is 0 Å². The number of amides is 1. The predicted molar refractivity (Wildman–Crippen MR) is 110 cm³/mol. The highest BCUT2D eigenvalue weighted by molar-refractivity contribution is 6.01. The Labute approximate surface area is 163 Å². The summed E-state index contributed by atoms with van der Waals surface area (Å²) >= 11 is 0. The number of hydrogen-bond donors (Lipinski definition) is 2. The molecule has 152 valence electrons. The molecule has 5 rings (SSSR count). The number of carbonyl (C=O) groups is 1. The first-order valence-corrected chi connectivity index (χ1v) is 10.1. The number of fused-ring (bicyclic) bond motifs is 3. The lowest BCUT2D eigenvalue weighted by atomic mass is 9.95. The van der Waals surface area contributed by atoms with Crippen molar-refractivity contribution in [3.63, 3.8) is 0 Å². The first-order chi connectivity index (χ1) is 13.7. The molecular weight excluding hydrogens is 358 g/mol. The van der Waals surface area contributed by atoms with Crippen molar-refractivity contribution in [2.75, 3.05) is 13.2 Å². The molecule has 0 spiro atoms.